The van der Waals surface area contributed by atoms with Crippen molar-refractivity contribution in [1.82, 2.24) is 15.0 Å². The van der Waals surface area contributed by atoms with Gasteiger partial charge in [0.05, 0.1) is 45.8 Å². The van der Waals surface area contributed by atoms with E-state index in [1.165, 1.54) is 5.56 Å². The van der Waals surface area contributed by atoms with Gasteiger partial charge in [0.1, 0.15) is 5.69 Å². The summed E-state index contributed by atoms with van der Waals surface area (Å²) in [5.74, 6) is 0.680. The molecule has 2 aromatic rings. The van der Waals surface area contributed by atoms with Gasteiger partial charge in [-0.05, 0) is 23.3 Å². The van der Waals surface area contributed by atoms with Crippen molar-refractivity contribution in [3.63, 3.8) is 0 Å². The minimum atomic E-state index is 0.151. The zero-order chi connectivity index (χ0) is 21.1. The standard InChI is InChI=1S/C23H37N3O3/c1-19(2)10-12-27-14-16-29-17-15-28-13-11-26-18-22(24-25-26)20-6-8-21(9-7-20)23(3,4)5/h6-9,18-19H,10-17H2,1-5H3. The molecule has 6 heteroatoms. The van der Waals surface area contributed by atoms with Gasteiger partial charge in [0.25, 0.3) is 0 Å². The zero-order valence-electron chi connectivity index (χ0n) is 18.7. The van der Waals surface area contributed by atoms with Gasteiger partial charge in [-0.25, -0.2) is 4.68 Å². The first-order chi connectivity index (χ1) is 13.9. The van der Waals surface area contributed by atoms with Gasteiger partial charge in [-0.2, -0.15) is 0 Å². The number of aromatic nitrogens is 3. The minimum Gasteiger partial charge on any atom is -0.379 e. The van der Waals surface area contributed by atoms with Gasteiger partial charge >= 0.3 is 0 Å². The lowest BCUT2D eigenvalue weighted by molar-refractivity contribution is 0.0111. The average molecular weight is 404 g/mol. The monoisotopic (exact) mass is 403 g/mol. The largest absolute Gasteiger partial charge is 0.379 e. The fraction of sp³-hybridized carbons (Fsp3) is 0.652. The maximum Gasteiger partial charge on any atom is 0.113 e. The second kappa shape index (κ2) is 12.1. The third-order valence-corrected chi connectivity index (χ3v) is 4.63. The Balaban J connectivity index is 1.58. The first-order valence-electron chi connectivity index (χ1n) is 10.6. The van der Waals surface area contributed by atoms with E-state index in [1.54, 1.807) is 0 Å². The van der Waals surface area contributed by atoms with E-state index < -0.39 is 0 Å². The van der Waals surface area contributed by atoms with Crippen LogP contribution in [0.5, 0.6) is 0 Å². The predicted octanol–water partition coefficient (Wildman–Crippen LogP) is 4.34. The normalized spacial score (nSPS) is 12.1. The highest BCUT2D eigenvalue weighted by Crippen LogP contribution is 2.25. The molecule has 0 aliphatic carbocycles. The van der Waals surface area contributed by atoms with Gasteiger partial charge in [0.15, 0.2) is 0 Å². The Morgan fingerprint density at radius 1 is 0.862 bits per heavy atom. The first-order valence-corrected chi connectivity index (χ1v) is 10.6. The van der Waals surface area contributed by atoms with Crippen LogP contribution in [0.1, 0.15) is 46.6 Å². The smallest absolute Gasteiger partial charge is 0.113 e. The quantitative estimate of drug-likeness (QED) is 0.466. The van der Waals surface area contributed by atoms with Gasteiger partial charge in [0.2, 0.25) is 0 Å². The van der Waals surface area contributed by atoms with Gasteiger partial charge in [-0.3, -0.25) is 0 Å². The molecule has 29 heavy (non-hydrogen) atoms. The molecule has 6 nitrogen and oxygen atoms in total. The Hall–Kier alpha value is -1.76. The van der Waals surface area contributed by atoms with Crippen molar-refractivity contribution in [3.8, 4) is 11.3 Å². The summed E-state index contributed by atoms with van der Waals surface area (Å²) in [5.41, 5.74) is 3.42. The molecular formula is C23H37N3O3. The van der Waals surface area contributed by atoms with E-state index in [1.807, 2.05) is 10.9 Å². The molecule has 0 atom stereocenters. The van der Waals surface area contributed by atoms with Crippen LogP contribution in [0, 0.1) is 5.92 Å². The summed E-state index contributed by atoms with van der Waals surface area (Å²) < 4.78 is 18.4. The molecule has 0 radical (unpaired) electrons. The first kappa shape index (κ1) is 23.5. The molecule has 0 spiro atoms. The predicted molar refractivity (Wildman–Crippen MR) is 116 cm³/mol. The van der Waals surface area contributed by atoms with Gasteiger partial charge in [0, 0.05) is 12.2 Å². The number of rotatable bonds is 13. The van der Waals surface area contributed by atoms with Crippen molar-refractivity contribution in [2.45, 2.75) is 53.0 Å². The maximum atomic E-state index is 5.61. The molecule has 0 aliphatic rings. The van der Waals surface area contributed by atoms with Crippen molar-refractivity contribution >= 4 is 0 Å². The molecule has 0 unspecified atom stereocenters. The van der Waals surface area contributed by atoms with E-state index in [0.717, 1.165) is 24.3 Å². The molecule has 0 bridgehead atoms. The van der Waals surface area contributed by atoms with Crippen molar-refractivity contribution in [3.05, 3.63) is 36.0 Å². The van der Waals surface area contributed by atoms with E-state index in [9.17, 15) is 0 Å². The molecule has 0 saturated heterocycles. The Bertz CT molecular complexity index is 690. The second-order valence-electron chi connectivity index (χ2n) is 8.71. The van der Waals surface area contributed by atoms with Crippen molar-refractivity contribution in [2.75, 3.05) is 39.6 Å². The van der Waals surface area contributed by atoms with Gasteiger partial charge in [-0.15, -0.1) is 5.10 Å². The molecule has 1 heterocycles. The number of ether oxygens (including phenoxy) is 3. The Morgan fingerprint density at radius 3 is 2.03 bits per heavy atom. The lowest BCUT2D eigenvalue weighted by Crippen LogP contribution is -2.12. The average Bonchev–Trinajstić information content (AvgIpc) is 3.14. The highest BCUT2D eigenvalue weighted by Gasteiger charge is 2.13. The van der Waals surface area contributed by atoms with Crippen LogP contribution in [0.15, 0.2) is 30.5 Å². The van der Waals surface area contributed by atoms with E-state index >= 15 is 0 Å². The summed E-state index contributed by atoms with van der Waals surface area (Å²) in [7, 11) is 0. The molecule has 1 aromatic carbocycles. The van der Waals surface area contributed by atoms with Crippen LogP contribution in [-0.4, -0.2) is 54.6 Å². The number of benzene rings is 1. The molecule has 1 aromatic heterocycles. The summed E-state index contributed by atoms with van der Waals surface area (Å²) in [6.45, 7) is 15.5. The fourth-order valence-corrected chi connectivity index (χ4v) is 2.70. The Labute approximate surface area is 175 Å². The van der Waals surface area contributed by atoms with Crippen LogP contribution in [0.3, 0.4) is 0 Å². The second-order valence-corrected chi connectivity index (χ2v) is 8.71. The summed E-state index contributed by atoms with van der Waals surface area (Å²) >= 11 is 0. The number of nitrogens with zero attached hydrogens (tertiary/aromatic N) is 3. The molecular weight excluding hydrogens is 366 g/mol. The fourth-order valence-electron chi connectivity index (χ4n) is 2.70. The molecule has 0 amide bonds. The van der Waals surface area contributed by atoms with Crippen LogP contribution in [-0.2, 0) is 26.2 Å². The van der Waals surface area contributed by atoms with Crippen LogP contribution in [0.2, 0.25) is 0 Å². The summed E-state index contributed by atoms with van der Waals surface area (Å²) in [6.07, 6.45) is 3.05. The zero-order valence-corrected chi connectivity index (χ0v) is 18.7. The third-order valence-electron chi connectivity index (χ3n) is 4.63. The maximum absolute atomic E-state index is 5.61. The van der Waals surface area contributed by atoms with Crippen molar-refractivity contribution < 1.29 is 14.2 Å². The molecule has 162 valence electrons. The molecule has 2 rings (SSSR count). The molecule has 0 saturated carbocycles. The number of hydrogen-bond acceptors (Lipinski definition) is 5. The van der Waals surface area contributed by atoms with Gasteiger partial charge in [-0.1, -0.05) is 64.1 Å². The summed E-state index contributed by atoms with van der Waals surface area (Å²) in [4.78, 5) is 0. The minimum absolute atomic E-state index is 0.151. The summed E-state index contributed by atoms with van der Waals surface area (Å²) in [5, 5.41) is 8.46. The SMILES string of the molecule is CC(C)CCOCCOCCOCCn1cc(-c2ccc(C(C)(C)C)cc2)nn1. The van der Waals surface area contributed by atoms with E-state index in [2.05, 4.69) is 69.2 Å². The molecule has 0 aliphatic heterocycles. The Morgan fingerprint density at radius 2 is 1.45 bits per heavy atom. The lowest BCUT2D eigenvalue weighted by Gasteiger charge is -2.18. The van der Waals surface area contributed by atoms with Crippen LogP contribution >= 0.6 is 0 Å². The third kappa shape index (κ3) is 9.07. The Kier molecular flexibility index (Phi) is 9.78. The van der Waals surface area contributed by atoms with Crippen LogP contribution in [0.4, 0.5) is 0 Å². The molecule has 0 N–H and O–H groups in total. The van der Waals surface area contributed by atoms with E-state index in [4.69, 9.17) is 14.2 Å². The van der Waals surface area contributed by atoms with Gasteiger partial charge < -0.3 is 14.2 Å². The lowest BCUT2D eigenvalue weighted by atomic mass is 9.86. The molecule has 0 fully saturated rings. The van der Waals surface area contributed by atoms with E-state index in [0.29, 0.717) is 45.5 Å². The highest BCUT2D eigenvalue weighted by molar-refractivity contribution is 5.58. The van der Waals surface area contributed by atoms with Crippen molar-refractivity contribution in [2.24, 2.45) is 5.92 Å². The van der Waals surface area contributed by atoms with Crippen LogP contribution in [0.25, 0.3) is 11.3 Å². The number of hydrogen-bond donors (Lipinski definition) is 0. The summed E-state index contributed by atoms with van der Waals surface area (Å²) in [6, 6.07) is 8.53. The highest BCUT2D eigenvalue weighted by atomic mass is 16.5. The van der Waals surface area contributed by atoms with Crippen LogP contribution < -0.4 is 0 Å². The van der Waals surface area contributed by atoms with E-state index in [-0.39, 0.29) is 5.41 Å². The topological polar surface area (TPSA) is 58.4 Å². The van der Waals surface area contributed by atoms with Crippen molar-refractivity contribution in [1.29, 1.82) is 0 Å².